The summed E-state index contributed by atoms with van der Waals surface area (Å²) < 4.78 is 26.1. The number of sulfonamides is 1. The number of rotatable bonds is 7. The molecule has 0 fully saturated rings. The van der Waals surface area contributed by atoms with Gasteiger partial charge in [0.25, 0.3) is 5.69 Å². The number of nitrogens with zero attached hydrogens (tertiary/aromatic N) is 1. The molecule has 6 nitrogen and oxygen atoms in total. The van der Waals surface area contributed by atoms with Crippen molar-refractivity contribution < 1.29 is 13.3 Å². The van der Waals surface area contributed by atoms with Gasteiger partial charge >= 0.3 is 0 Å². The molecule has 0 saturated carbocycles. The predicted molar refractivity (Wildman–Crippen MR) is 79.9 cm³/mol. The zero-order valence-electron chi connectivity index (χ0n) is 11.3. The minimum atomic E-state index is -3.52. The standard InChI is InChI=1S/C12H17ClN2O4S/c1-9-7-10(2)12(15(16)17)8-11(9)14-20(18,19)6-4-3-5-13/h7-8,14H,3-6H2,1-2H3. The smallest absolute Gasteiger partial charge is 0.274 e. The molecule has 1 N–H and O–H groups in total. The van der Waals surface area contributed by atoms with Gasteiger partial charge in [-0.1, -0.05) is 0 Å². The van der Waals surface area contributed by atoms with E-state index in [1.165, 1.54) is 6.07 Å². The van der Waals surface area contributed by atoms with E-state index in [1.54, 1.807) is 19.9 Å². The summed E-state index contributed by atoms with van der Waals surface area (Å²) in [7, 11) is -3.52. The molecule has 1 aromatic carbocycles. The molecule has 0 spiro atoms. The number of aryl methyl sites for hydroxylation is 2. The molecule has 0 unspecified atom stereocenters. The number of benzene rings is 1. The molecule has 0 saturated heterocycles. The highest BCUT2D eigenvalue weighted by molar-refractivity contribution is 7.92. The predicted octanol–water partition coefficient (Wildman–Crippen LogP) is 2.97. The summed E-state index contributed by atoms with van der Waals surface area (Å²) in [5.41, 5.74) is 1.29. The first-order valence-electron chi connectivity index (χ1n) is 6.09. The van der Waals surface area contributed by atoms with Gasteiger partial charge in [-0.15, -0.1) is 11.6 Å². The van der Waals surface area contributed by atoms with Crippen LogP contribution in [-0.2, 0) is 10.0 Å². The Hall–Kier alpha value is -1.34. The molecule has 0 amide bonds. The average molecular weight is 321 g/mol. The van der Waals surface area contributed by atoms with Crippen LogP contribution in [0.1, 0.15) is 24.0 Å². The highest BCUT2D eigenvalue weighted by Gasteiger charge is 2.17. The molecule has 0 aromatic heterocycles. The number of nitro benzene ring substituents is 1. The number of alkyl halides is 1. The van der Waals surface area contributed by atoms with Crippen molar-refractivity contribution >= 4 is 33.0 Å². The van der Waals surface area contributed by atoms with Crippen molar-refractivity contribution in [3.8, 4) is 0 Å². The summed E-state index contributed by atoms with van der Waals surface area (Å²) in [6.07, 6.45) is 1.06. The van der Waals surface area contributed by atoms with E-state index in [-0.39, 0.29) is 17.1 Å². The highest BCUT2D eigenvalue weighted by Crippen LogP contribution is 2.27. The molecule has 112 valence electrons. The summed E-state index contributed by atoms with van der Waals surface area (Å²) in [4.78, 5) is 10.3. The minimum Gasteiger partial charge on any atom is -0.283 e. The first kappa shape index (κ1) is 16.7. The lowest BCUT2D eigenvalue weighted by Gasteiger charge is -2.11. The van der Waals surface area contributed by atoms with Gasteiger partial charge in [-0.3, -0.25) is 14.8 Å². The van der Waals surface area contributed by atoms with Crippen LogP contribution in [0.3, 0.4) is 0 Å². The van der Waals surface area contributed by atoms with Crippen LogP contribution >= 0.6 is 11.6 Å². The summed E-state index contributed by atoms with van der Waals surface area (Å²) in [5.74, 6) is 0.353. The van der Waals surface area contributed by atoms with E-state index < -0.39 is 14.9 Å². The maximum Gasteiger partial charge on any atom is 0.274 e. The van der Waals surface area contributed by atoms with E-state index in [0.29, 0.717) is 29.8 Å². The van der Waals surface area contributed by atoms with Gasteiger partial charge in [-0.05, 0) is 38.3 Å². The lowest BCUT2D eigenvalue weighted by atomic mass is 10.1. The first-order chi connectivity index (χ1) is 9.26. The molecule has 0 aliphatic carbocycles. The van der Waals surface area contributed by atoms with Crippen molar-refractivity contribution in [2.75, 3.05) is 16.4 Å². The third-order valence-corrected chi connectivity index (χ3v) is 4.43. The van der Waals surface area contributed by atoms with Crippen molar-refractivity contribution in [1.29, 1.82) is 0 Å². The maximum absolute atomic E-state index is 11.9. The quantitative estimate of drug-likeness (QED) is 0.362. The second-order valence-electron chi connectivity index (χ2n) is 4.53. The zero-order valence-corrected chi connectivity index (χ0v) is 12.9. The third-order valence-electron chi connectivity index (χ3n) is 2.80. The maximum atomic E-state index is 11.9. The molecule has 0 aliphatic heterocycles. The van der Waals surface area contributed by atoms with Crippen LogP contribution in [-0.4, -0.2) is 25.0 Å². The molecule has 20 heavy (non-hydrogen) atoms. The van der Waals surface area contributed by atoms with Crippen LogP contribution in [0.5, 0.6) is 0 Å². The normalized spacial score (nSPS) is 11.3. The lowest BCUT2D eigenvalue weighted by molar-refractivity contribution is -0.385. The van der Waals surface area contributed by atoms with Crippen molar-refractivity contribution in [1.82, 2.24) is 0 Å². The fraction of sp³-hybridized carbons (Fsp3) is 0.500. The largest absolute Gasteiger partial charge is 0.283 e. The van der Waals surface area contributed by atoms with E-state index in [0.717, 1.165) is 0 Å². The molecule has 0 radical (unpaired) electrons. The van der Waals surface area contributed by atoms with Crippen LogP contribution in [0.15, 0.2) is 12.1 Å². The molecular formula is C12H17ClN2O4S. The molecule has 0 atom stereocenters. The lowest BCUT2D eigenvalue weighted by Crippen LogP contribution is -2.17. The number of hydrogen-bond acceptors (Lipinski definition) is 4. The fourth-order valence-corrected chi connectivity index (χ4v) is 3.18. The van der Waals surface area contributed by atoms with Gasteiger partial charge in [-0.25, -0.2) is 8.42 Å². The first-order valence-corrected chi connectivity index (χ1v) is 8.27. The Kier molecular flexibility index (Phi) is 5.76. The monoisotopic (exact) mass is 320 g/mol. The van der Waals surface area contributed by atoms with Gasteiger partial charge in [-0.2, -0.15) is 0 Å². The Morgan fingerprint density at radius 2 is 1.90 bits per heavy atom. The zero-order chi connectivity index (χ0) is 15.3. The van der Waals surface area contributed by atoms with E-state index in [1.807, 2.05) is 0 Å². The molecule has 1 rings (SSSR count). The molecule has 0 bridgehead atoms. The summed E-state index contributed by atoms with van der Waals surface area (Å²) in [6.45, 7) is 3.32. The number of hydrogen-bond donors (Lipinski definition) is 1. The van der Waals surface area contributed by atoms with Crippen LogP contribution in [0.4, 0.5) is 11.4 Å². The fourth-order valence-electron chi connectivity index (χ4n) is 1.75. The van der Waals surface area contributed by atoms with Gasteiger partial charge in [0.05, 0.1) is 16.4 Å². The van der Waals surface area contributed by atoms with Gasteiger partial charge in [0.1, 0.15) is 0 Å². The van der Waals surface area contributed by atoms with E-state index in [4.69, 9.17) is 11.6 Å². The van der Waals surface area contributed by atoms with Gasteiger partial charge in [0.2, 0.25) is 10.0 Å². The van der Waals surface area contributed by atoms with Crippen molar-refractivity contribution in [3.63, 3.8) is 0 Å². The Balaban J connectivity index is 2.97. The van der Waals surface area contributed by atoms with E-state index in [9.17, 15) is 18.5 Å². The molecule has 1 aromatic rings. The number of unbranched alkanes of at least 4 members (excludes halogenated alkanes) is 1. The van der Waals surface area contributed by atoms with Crippen LogP contribution < -0.4 is 4.72 Å². The molecule has 8 heteroatoms. The molecule has 0 aliphatic rings. The average Bonchev–Trinajstić information content (AvgIpc) is 2.32. The van der Waals surface area contributed by atoms with Crippen molar-refractivity contribution in [3.05, 3.63) is 33.4 Å². The summed E-state index contributed by atoms with van der Waals surface area (Å²) >= 11 is 5.50. The Morgan fingerprint density at radius 3 is 2.45 bits per heavy atom. The van der Waals surface area contributed by atoms with Gasteiger partial charge in [0, 0.05) is 17.5 Å². The number of halogens is 1. The summed E-state index contributed by atoms with van der Waals surface area (Å²) in [5, 5.41) is 10.9. The Labute approximate surface area is 123 Å². The Morgan fingerprint density at radius 1 is 1.25 bits per heavy atom. The molecular weight excluding hydrogens is 304 g/mol. The molecule has 0 heterocycles. The second kappa shape index (κ2) is 6.90. The van der Waals surface area contributed by atoms with Crippen LogP contribution in [0.2, 0.25) is 0 Å². The van der Waals surface area contributed by atoms with Gasteiger partial charge in [0.15, 0.2) is 0 Å². The van der Waals surface area contributed by atoms with E-state index >= 15 is 0 Å². The topological polar surface area (TPSA) is 89.3 Å². The number of anilines is 1. The Bertz CT molecular complexity index is 602. The number of nitrogens with one attached hydrogen (secondary N) is 1. The SMILES string of the molecule is Cc1cc(C)c([N+](=O)[O-])cc1NS(=O)(=O)CCCCCl. The minimum absolute atomic E-state index is 0.0547. The second-order valence-corrected chi connectivity index (χ2v) is 6.75. The van der Waals surface area contributed by atoms with E-state index in [2.05, 4.69) is 4.72 Å². The van der Waals surface area contributed by atoms with Crippen molar-refractivity contribution in [2.45, 2.75) is 26.7 Å². The van der Waals surface area contributed by atoms with Crippen LogP contribution in [0.25, 0.3) is 0 Å². The summed E-state index contributed by atoms with van der Waals surface area (Å²) in [6, 6.07) is 2.85. The highest BCUT2D eigenvalue weighted by atomic mass is 35.5. The number of nitro groups is 1. The third kappa shape index (κ3) is 4.64. The van der Waals surface area contributed by atoms with Crippen molar-refractivity contribution in [2.24, 2.45) is 0 Å². The van der Waals surface area contributed by atoms with Gasteiger partial charge < -0.3 is 0 Å². The van der Waals surface area contributed by atoms with Crippen LogP contribution in [0, 0.1) is 24.0 Å².